The van der Waals surface area contributed by atoms with Gasteiger partial charge in [-0.05, 0) is 35.6 Å². The van der Waals surface area contributed by atoms with Gasteiger partial charge < -0.3 is 5.32 Å². The van der Waals surface area contributed by atoms with E-state index in [9.17, 15) is 9.18 Å². The van der Waals surface area contributed by atoms with Crippen LogP contribution in [0.1, 0.15) is 42.7 Å². The number of carbonyl (C=O) groups excluding carboxylic acids is 1. The maximum Gasteiger partial charge on any atom is 0.220 e. The number of benzene rings is 1. The van der Waals surface area contributed by atoms with E-state index in [1.54, 1.807) is 6.07 Å². The molecule has 3 aliphatic rings. The highest BCUT2D eigenvalue weighted by molar-refractivity contribution is 5.77. The summed E-state index contributed by atoms with van der Waals surface area (Å²) in [6.45, 7) is 0. The van der Waals surface area contributed by atoms with Gasteiger partial charge in [0.2, 0.25) is 5.91 Å². The van der Waals surface area contributed by atoms with Crippen LogP contribution in [0.25, 0.3) is 0 Å². The largest absolute Gasteiger partial charge is 0.352 e. The van der Waals surface area contributed by atoms with Gasteiger partial charge in [-0.2, -0.15) is 10.2 Å². The van der Waals surface area contributed by atoms with Gasteiger partial charge in [0.15, 0.2) is 5.66 Å². The van der Waals surface area contributed by atoms with Gasteiger partial charge in [-0.3, -0.25) is 4.79 Å². The zero-order valence-electron chi connectivity index (χ0n) is 12.8. The normalized spacial score (nSPS) is 27.7. The summed E-state index contributed by atoms with van der Waals surface area (Å²) in [5, 5.41) is 11.2. The molecule has 23 heavy (non-hydrogen) atoms. The van der Waals surface area contributed by atoms with Gasteiger partial charge in [0, 0.05) is 37.6 Å². The molecular formula is C18H18FN3O. The van der Waals surface area contributed by atoms with Gasteiger partial charge in [-0.15, -0.1) is 12.3 Å². The fraction of sp³-hybridized carbons (Fsp3) is 0.500. The molecule has 118 valence electrons. The number of carbonyl (C=O) groups is 1. The van der Waals surface area contributed by atoms with E-state index in [2.05, 4.69) is 21.5 Å². The first-order valence-corrected chi connectivity index (χ1v) is 8.07. The molecule has 1 aromatic carbocycles. The second kappa shape index (κ2) is 5.16. The van der Waals surface area contributed by atoms with Crippen LogP contribution in [0.15, 0.2) is 28.4 Å². The van der Waals surface area contributed by atoms with Crippen LogP contribution in [0.3, 0.4) is 0 Å². The first-order chi connectivity index (χ1) is 11.1. The summed E-state index contributed by atoms with van der Waals surface area (Å²) in [6.07, 6.45) is 8.53. The maximum absolute atomic E-state index is 13.2. The topological polar surface area (TPSA) is 53.8 Å². The molecule has 1 amide bonds. The minimum atomic E-state index is -0.396. The molecule has 1 aliphatic heterocycles. The van der Waals surface area contributed by atoms with Gasteiger partial charge in [-0.25, -0.2) is 4.39 Å². The molecule has 3 unspecified atom stereocenters. The van der Waals surface area contributed by atoms with Crippen molar-refractivity contribution >= 4 is 5.91 Å². The lowest BCUT2D eigenvalue weighted by atomic mass is 10.0. The Morgan fingerprint density at radius 1 is 1.43 bits per heavy atom. The lowest BCUT2D eigenvalue weighted by molar-refractivity contribution is -0.121. The summed E-state index contributed by atoms with van der Waals surface area (Å²) in [4.78, 5) is 12.1. The Labute approximate surface area is 134 Å². The molecule has 5 heteroatoms. The molecular weight excluding hydrogens is 293 g/mol. The predicted octanol–water partition coefficient (Wildman–Crippen LogP) is 2.94. The summed E-state index contributed by atoms with van der Waals surface area (Å²) < 4.78 is 13.2. The molecule has 1 aromatic rings. The smallest absolute Gasteiger partial charge is 0.220 e. The number of halogens is 1. The number of fused-ring (bicyclic) bond motifs is 3. The Morgan fingerprint density at radius 2 is 2.26 bits per heavy atom. The number of hydrogen-bond acceptors (Lipinski definition) is 3. The van der Waals surface area contributed by atoms with Crippen LogP contribution >= 0.6 is 0 Å². The Morgan fingerprint density at radius 3 is 3.00 bits per heavy atom. The van der Waals surface area contributed by atoms with E-state index in [-0.39, 0.29) is 17.8 Å². The van der Waals surface area contributed by atoms with Crippen molar-refractivity contribution in [1.82, 2.24) is 5.32 Å². The standard InChI is InChI=1S/C18H18FN3O/c1-2-3-7-18(21-22-18)8-6-15(23)20-17-14-10-11-9-12(19)4-5-13(11)16(14)17/h1,4-5,9,14,16-17H,3,6-8,10H2,(H,20,23). The van der Waals surface area contributed by atoms with Crippen molar-refractivity contribution in [2.24, 2.45) is 16.1 Å². The van der Waals surface area contributed by atoms with Crippen molar-refractivity contribution < 1.29 is 9.18 Å². The molecule has 4 nitrogen and oxygen atoms in total. The van der Waals surface area contributed by atoms with Gasteiger partial charge >= 0.3 is 0 Å². The monoisotopic (exact) mass is 311 g/mol. The Bertz CT molecular complexity index is 730. The van der Waals surface area contributed by atoms with E-state index in [4.69, 9.17) is 6.42 Å². The molecule has 0 aromatic heterocycles. The highest BCUT2D eigenvalue weighted by Crippen LogP contribution is 2.56. The van der Waals surface area contributed by atoms with Crippen LogP contribution in [-0.4, -0.2) is 17.6 Å². The third-order valence-corrected chi connectivity index (χ3v) is 5.22. The van der Waals surface area contributed by atoms with Crippen molar-refractivity contribution in [3.05, 3.63) is 35.1 Å². The van der Waals surface area contributed by atoms with Gasteiger partial charge in [0.05, 0.1) is 0 Å². The zero-order chi connectivity index (χ0) is 16.0. The SMILES string of the molecule is C#CCCC1(CCC(=O)NC2C3Cc4cc(F)ccc4C32)N=N1. The predicted molar refractivity (Wildman–Crippen MR) is 83.2 cm³/mol. The lowest BCUT2D eigenvalue weighted by Gasteiger charge is -2.11. The van der Waals surface area contributed by atoms with Crippen molar-refractivity contribution in [1.29, 1.82) is 0 Å². The molecule has 4 rings (SSSR count). The average molecular weight is 311 g/mol. The minimum absolute atomic E-state index is 0.0467. The van der Waals surface area contributed by atoms with E-state index in [1.807, 2.05) is 6.07 Å². The van der Waals surface area contributed by atoms with E-state index in [1.165, 1.54) is 11.6 Å². The molecule has 1 saturated carbocycles. The molecule has 0 bridgehead atoms. The average Bonchev–Trinajstić information content (AvgIpc) is 3.41. The van der Waals surface area contributed by atoms with E-state index < -0.39 is 5.66 Å². The van der Waals surface area contributed by atoms with Crippen molar-refractivity contribution in [2.75, 3.05) is 0 Å². The van der Waals surface area contributed by atoms with Crippen LogP contribution in [0.2, 0.25) is 0 Å². The van der Waals surface area contributed by atoms with Crippen LogP contribution in [0.5, 0.6) is 0 Å². The number of hydrogen-bond donors (Lipinski definition) is 1. The first kappa shape index (κ1) is 14.4. The Hall–Kier alpha value is -2.22. The summed E-state index contributed by atoms with van der Waals surface area (Å²) >= 11 is 0. The third-order valence-electron chi connectivity index (χ3n) is 5.22. The Kier molecular flexibility index (Phi) is 3.22. The summed E-state index contributed by atoms with van der Waals surface area (Å²) in [6, 6.07) is 5.18. The highest BCUT2D eigenvalue weighted by atomic mass is 19.1. The number of nitrogens with zero attached hydrogens (tertiary/aromatic N) is 2. The number of amides is 1. The van der Waals surface area contributed by atoms with E-state index in [0.29, 0.717) is 31.1 Å². The molecule has 1 N–H and O–H groups in total. The van der Waals surface area contributed by atoms with Crippen molar-refractivity contribution in [2.45, 2.75) is 49.7 Å². The van der Waals surface area contributed by atoms with Crippen LogP contribution in [0, 0.1) is 24.1 Å². The molecule has 3 atom stereocenters. The third kappa shape index (κ3) is 2.63. The molecule has 0 spiro atoms. The molecule has 0 saturated heterocycles. The fourth-order valence-corrected chi connectivity index (χ4v) is 3.82. The summed E-state index contributed by atoms with van der Waals surface area (Å²) in [5.74, 6) is 3.25. The number of rotatable bonds is 6. The van der Waals surface area contributed by atoms with Gasteiger partial charge in [-0.1, -0.05) is 6.07 Å². The second-order valence-electron chi connectivity index (χ2n) is 6.72. The highest BCUT2D eigenvalue weighted by Gasteiger charge is 2.56. The molecule has 2 aliphatic carbocycles. The van der Waals surface area contributed by atoms with Crippen LogP contribution in [0.4, 0.5) is 4.39 Å². The lowest BCUT2D eigenvalue weighted by Crippen LogP contribution is -2.29. The number of terminal acetylenes is 1. The van der Waals surface area contributed by atoms with E-state index in [0.717, 1.165) is 18.4 Å². The minimum Gasteiger partial charge on any atom is -0.352 e. The molecule has 1 fully saturated rings. The second-order valence-corrected chi connectivity index (χ2v) is 6.72. The van der Waals surface area contributed by atoms with Gasteiger partial charge in [0.1, 0.15) is 5.82 Å². The summed E-state index contributed by atoms with van der Waals surface area (Å²) in [7, 11) is 0. The number of nitrogens with one attached hydrogen (secondary N) is 1. The fourth-order valence-electron chi connectivity index (χ4n) is 3.82. The van der Waals surface area contributed by atoms with Crippen molar-refractivity contribution in [3.63, 3.8) is 0 Å². The molecule has 0 radical (unpaired) electrons. The van der Waals surface area contributed by atoms with E-state index >= 15 is 0 Å². The zero-order valence-corrected chi connectivity index (χ0v) is 12.8. The van der Waals surface area contributed by atoms with Crippen LogP contribution < -0.4 is 5.32 Å². The quantitative estimate of drug-likeness (QED) is 0.807. The Balaban J connectivity index is 1.27. The maximum atomic E-state index is 13.2. The van der Waals surface area contributed by atoms with Crippen LogP contribution in [-0.2, 0) is 11.2 Å². The van der Waals surface area contributed by atoms with Gasteiger partial charge in [0.25, 0.3) is 0 Å². The molecule has 1 heterocycles. The summed E-state index contributed by atoms with van der Waals surface area (Å²) in [5.41, 5.74) is 1.89. The van der Waals surface area contributed by atoms with Crippen molar-refractivity contribution in [3.8, 4) is 12.3 Å². The first-order valence-electron chi connectivity index (χ1n) is 8.07.